The minimum atomic E-state index is -0.284. The smallest absolute Gasteiger partial charge is 0.358 e. The Bertz CT molecular complexity index is 702. The standard InChI is InChI=1S/C19H19FNO2.CH3.Ni/c1-15-13-18(23-12-9-21-7-10-22-11-8-21)5-6-19(15)16-3-2-4-17(20)14-16;;/h1-2,4-6,13-14H,7-12H2;1H3;/q2*-1;. The maximum atomic E-state index is 13.4. The second kappa shape index (κ2) is 9.81. The quantitative estimate of drug-likeness (QED) is 0.563. The Morgan fingerprint density at radius 3 is 2.76 bits per heavy atom. The summed E-state index contributed by atoms with van der Waals surface area (Å²) in [6, 6.07) is 13.2. The largest absolute Gasteiger partial charge is 0.358 e. The predicted molar refractivity (Wildman–Crippen MR) is 95.0 cm³/mol. The van der Waals surface area contributed by atoms with Crippen LogP contribution in [0.3, 0.4) is 0 Å². The minimum absolute atomic E-state index is 0. The maximum absolute atomic E-state index is 13.4. The van der Waals surface area contributed by atoms with Crippen LogP contribution in [-0.4, -0.2) is 49.3 Å². The van der Waals surface area contributed by atoms with Crippen molar-refractivity contribution in [1.82, 2.24) is 4.90 Å². The van der Waals surface area contributed by atoms with Crippen molar-refractivity contribution in [2.45, 2.75) is 0 Å². The van der Waals surface area contributed by atoms with Crippen molar-refractivity contribution in [1.29, 1.82) is 0 Å². The normalized spacial score (nSPS) is 14.7. The van der Waals surface area contributed by atoms with Crippen LogP contribution in [0, 0.1) is 19.3 Å². The molecule has 0 atom stereocenters. The van der Waals surface area contributed by atoms with Gasteiger partial charge < -0.3 is 7.43 Å². The monoisotopic (exact) mass is 385 g/mol. The van der Waals surface area contributed by atoms with Crippen LogP contribution in [0.5, 0.6) is 5.75 Å². The van der Waals surface area contributed by atoms with Crippen LogP contribution in [0.25, 0.3) is 11.1 Å². The Labute approximate surface area is 156 Å². The van der Waals surface area contributed by atoms with Gasteiger partial charge in [-0.2, -0.15) is 0 Å². The molecule has 1 aliphatic rings. The summed E-state index contributed by atoms with van der Waals surface area (Å²) in [5.74, 6) is 0.486. The van der Waals surface area contributed by atoms with Gasteiger partial charge in [0.2, 0.25) is 0 Å². The van der Waals surface area contributed by atoms with Crippen LogP contribution >= 0.6 is 0 Å². The fourth-order valence-electron chi connectivity index (χ4n) is 2.66. The van der Waals surface area contributed by atoms with E-state index in [0.717, 1.165) is 49.7 Å². The van der Waals surface area contributed by atoms with Crippen LogP contribution in [0.15, 0.2) is 36.4 Å². The summed E-state index contributed by atoms with van der Waals surface area (Å²) in [6.45, 7) is 4.96. The fourth-order valence-corrected chi connectivity index (χ4v) is 2.90. The van der Waals surface area contributed by atoms with Crippen molar-refractivity contribution in [3.05, 3.63) is 61.3 Å². The fraction of sp³-hybridized carbons (Fsp3) is 0.300. The first-order valence-corrected chi connectivity index (χ1v) is 8.48. The molecule has 0 aliphatic carbocycles. The van der Waals surface area contributed by atoms with Crippen molar-refractivity contribution in [3.63, 3.8) is 0 Å². The average molecular weight is 386 g/mol. The summed E-state index contributed by atoms with van der Waals surface area (Å²) in [7, 11) is 0. The van der Waals surface area contributed by atoms with Crippen LogP contribution in [0.1, 0.15) is 5.56 Å². The molecule has 2 aromatic rings. The van der Waals surface area contributed by atoms with Crippen molar-refractivity contribution in [2.24, 2.45) is 0 Å². The molecule has 3 rings (SSSR count). The number of benzene rings is 2. The van der Waals surface area contributed by atoms with Gasteiger partial charge in [0.25, 0.3) is 0 Å². The molecule has 2 aromatic carbocycles. The first-order chi connectivity index (χ1) is 11.8. The van der Waals surface area contributed by atoms with E-state index < -0.39 is 0 Å². The van der Waals surface area contributed by atoms with Gasteiger partial charge in [0.1, 0.15) is 0 Å². The molecule has 1 aliphatic heterocycles. The SMILES string of the molecule is Fc1cc[c-]c(-c2ccc(OCCN3CCOCC3)cc2[CH]=[Ni])c1.[CH3-]. The van der Waals surface area contributed by atoms with E-state index in [4.69, 9.17) is 24.5 Å². The molecule has 0 unspecified atom stereocenters. The molecule has 25 heavy (non-hydrogen) atoms. The molecule has 0 spiro atoms. The number of hydrogen-bond acceptors (Lipinski definition) is 3. The third-order valence-electron chi connectivity index (χ3n) is 3.96. The van der Waals surface area contributed by atoms with E-state index >= 15 is 0 Å². The van der Waals surface area contributed by atoms with Crippen LogP contribution in [0.4, 0.5) is 4.39 Å². The zero-order valence-electron chi connectivity index (χ0n) is 14.2. The first-order valence-electron chi connectivity index (χ1n) is 7.91. The zero-order chi connectivity index (χ0) is 16.8. The van der Waals surface area contributed by atoms with Crippen molar-refractivity contribution >= 4 is 4.99 Å². The Morgan fingerprint density at radius 1 is 1.24 bits per heavy atom. The molecule has 1 saturated heterocycles. The molecule has 138 valence electrons. The van der Waals surface area contributed by atoms with Gasteiger partial charge in [-0.15, -0.1) is 0 Å². The van der Waals surface area contributed by atoms with Gasteiger partial charge in [0.15, 0.2) is 0 Å². The molecule has 0 N–H and O–H groups in total. The third-order valence-corrected chi connectivity index (χ3v) is 4.26. The van der Waals surface area contributed by atoms with Crippen molar-refractivity contribution in [2.75, 3.05) is 39.5 Å². The Hall–Kier alpha value is -1.55. The van der Waals surface area contributed by atoms with Gasteiger partial charge in [-0.25, -0.2) is 0 Å². The van der Waals surface area contributed by atoms with Gasteiger partial charge in [0.05, 0.1) is 0 Å². The molecule has 1 heterocycles. The Kier molecular flexibility index (Phi) is 7.76. The molecule has 3 nitrogen and oxygen atoms in total. The van der Waals surface area contributed by atoms with E-state index in [1.165, 1.54) is 12.1 Å². The van der Waals surface area contributed by atoms with Crippen LogP contribution < -0.4 is 4.74 Å². The molecule has 1 fully saturated rings. The second-order valence-corrected chi connectivity index (χ2v) is 5.85. The van der Waals surface area contributed by atoms with Crippen molar-refractivity contribution < 1.29 is 28.9 Å². The predicted octanol–water partition coefficient (Wildman–Crippen LogP) is 3.15. The number of rotatable bonds is 6. The van der Waals surface area contributed by atoms with Crippen LogP contribution in [0.2, 0.25) is 0 Å². The molecule has 0 bridgehead atoms. The molecule has 0 saturated carbocycles. The van der Waals surface area contributed by atoms with Gasteiger partial charge in [-0.3, -0.25) is 0 Å². The van der Waals surface area contributed by atoms with Gasteiger partial charge >= 0.3 is 149 Å². The Balaban J connectivity index is 0.00000225. The third kappa shape index (κ3) is 5.47. The van der Waals surface area contributed by atoms with Gasteiger partial charge in [-0.05, 0) is 0 Å². The molecular weight excluding hydrogens is 364 g/mol. The Morgan fingerprint density at radius 2 is 2.04 bits per heavy atom. The number of halogens is 1. The summed E-state index contributed by atoms with van der Waals surface area (Å²) < 4.78 is 24.6. The molecule has 0 amide bonds. The number of ether oxygens (including phenoxy) is 2. The van der Waals surface area contributed by atoms with E-state index in [-0.39, 0.29) is 13.2 Å². The number of morpholine rings is 1. The van der Waals surface area contributed by atoms with E-state index in [1.54, 1.807) is 11.1 Å². The van der Waals surface area contributed by atoms with Gasteiger partial charge in [-0.1, -0.05) is 0 Å². The average Bonchev–Trinajstić information content (AvgIpc) is 2.62. The van der Waals surface area contributed by atoms with E-state index in [9.17, 15) is 4.39 Å². The summed E-state index contributed by atoms with van der Waals surface area (Å²) >= 11 is 4.79. The number of hydrogen-bond donors (Lipinski definition) is 0. The van der Waals surface area contributed by atoms with Gasteiger partial charge in [0, 0.05) is 0 Å². The molecule has 0 aromatic heterocycles. The van der Waals surface area contributed by atoms with E-state index in [2.05, 4.69) is 11.0 Å². The minimum Gasteiger partial charge on any atom is -0.358 e. The van der Waals surface area contributed by atoms with Crippen LogP contribution in [-0.2, 0) is 19.8 Å². The molecule has 0 radical (unpaired) electrons. The summed E-state index contributed by atoms with van der Waals surface area (Å²) in [5.41, 5.74) is 2.40. The summed E-state index contributed by atoms with van der Waals surface area (Å²) in [5, 5.41) is 0. The molecule has 5 heteroatoms. The number of nitrogens with zero attached hydrogens (tertiary/aromatic N) is 1. The first kappa shape index (κ1) is 19.8. The van der Waals surface area contributed by atoms with E-state index in [0.29, 0.717) is 12.2 Å². The maximum Gasteiger partial charge on any atom is -0.358 e. The summed E-state index contributed by atoms with van der Waals surface area (Å²) in [6.07, 6.45) is 0. The summed E-state index contributed by atoms with van der Waals surface area (Å²) in [4.78, 5) is 3.95. The van der Waals surface area contributed by atoms with Crippen molar-refractivity contribution in [3.8, 4) is 16.9 Å². The molecular formula is C20H22FNNiO2-2. The van der Waals surface area contributed by atoms with E-state index in [1.807, 2.05) is 18.2 Å². The second-order valence-electron chi connectivity index (χ2n) is 5.56. The zero-order valence-corrected chi connectivity index (χ0v) is 15.2. The topological polar surface area (TPSA) is 21.7 Å².